The minimum absolute atomic E-state index is 0.0586. The standard InChI is InChI=1S/C24H37N5O2/c1-6-25-23(28-17-22-26-16-21(31-22)24(3,4)5)27-15-20(29-10-12-30-13-11-29)19-9-7-8-18(2)14-19/h7-9,14,16,20H,6,10-13,15,17H2,1-5H3,(H2,25,27,28). The van der Waals surface area contributed by atoms with E-state index in [0.29, 0.717) is 12.4 Å². The van der Waals surface area contributed by atoms with Gasteiger partial charge in [-0.2, -0.15) is 0 Å². The zero-order valence-electron chi connectivity index (χ0n) is 19.6. The van der Waals surface area contributed by atoms with Crippen LogP contribution in [-0.4, -0.2) is 55.2 Å². The van der Waals surface area contributed by atoms with Crippen LogP contribution in [0.4, 0.5) is 0 Å². The van der Waals surface area contributed by atoms with Crippen LogP contribution in [0, 0.1) is 6.92 Å². The third kappa shape index (κ3) is 6.80. The monoisotopic (exact) mass is 427 g/mol. The molecule has 7 heteroatoms. The molecule has 1 aliphatic rings. The Morgan fingerprint density at radius 3 is 2.65 bits per heavy atom. The number of nitrogens with zero attached hydrogens (tertiary/aromatic N) is 3. The van der Waals surface area contributed by atoms with Gasteiger partial charge in [-0.15, -0.1) is 0 Å². The predicted molar refractivity (Wildman–Crippen MR) is 124 cm³/mol. The summed E-state index contributed by atoms with van der Waals surface area (Å²) in [6, 6.07) is 9.00. The molecule has 31 heavy (non-hydrogen) atoms. The highest BCUT2D eigenvalue weighted by molar-refractivity contribution is 5.79. The molecule has 0 aliphatic carbocycles. The van der Waals surface area contributed by atoms with Gasteiger partial charge in [-0.05, 0) is 19.4 Å². The van der Waals surface area contributed by atoms with Crippen molar-refractivity contribution in [3.63, 3.8) is 0 Å². The van der Waals surface area contributed by atoms with Gasteiger partial charge >= 0.3 is 0 Å². The SMILES string of the molecule is CCNC(=NCc1ncc(C(C)(C)C)o1)NCC(c1cccc(C)c1)N1CCOCC1. The van der Waals surface area contributed by atoms with Gasteiger partial charge < -0.3 is 19.8 Å². The number of rotatable bonds is 7. The summed E-state index contributed by atoms with van der Waals surface area (Å²) in [6.45, 7) is 15.9. The summed E-state index contributed by atoms with van der Waals surface area (Å²) >= 11 is 0. The van der Waals surface area contributed by atoms with Crippen molar-refractivity contribution >= 4 is 5.96 Å². The molecule has 0 saturated carbocycles. The fourth-order valence-electron chi connectivity index (χ4n) is 3.64. The Hall–Kier alpha value is -2.38. The second-order valence-electron chi connectivity index (χ2n) is 9.02. The van der Waals surface area contributed by atoms with Crippen LogP contribution in [0.5, 0.6) is 0 Å². The fourth-order valence-corrected chi connectivity index (χ4v) is 3.64. The van der Waals surface area contributed by atoms with Gasteiger partial charge in [0.1, 0.15) is 12.3 Å². The number of oxazole rings is 1. The van der Waals surface area contributed by atoms with Crippen LogP contribution in [0.15, 0.2) is 39.9 Å². The van der Waals surface area contributed by atoms with Gasteiger partial charge in [0.2, 0.25) is 5.89 Å². The number of ether oxygens (including phenoxy) is 1. The van der Waals surface area contributed by atoms with Crippen molar-refractivity contribution in [3.05, 3.63) is 53.2 Å². The largest absolute Gasteiger partial charge is 0.443 e. The predicted octanol–water partition coefficient (Wildman–Crippen LogP) is 3.41. The molecule has 1 aromatic carbocycles. The van der Waals surface area contributed by atoms with Crippen LogP contribution in [0.3, 0.4) is 0 Å². The summed E-state index contributed by atoms with van der Waals surface area (Å²) < 4.78 is 11.5. The fraction of sp³-hybridized carbons (Fsp3) is 0.583. The molecule has 0 amide bonds. The minimum Gasteiger partial charge on any atom is -0.443 e. The van der Waals surface area contributed by atoms with Gasteiger partial charge in [0.05, 0.1) is 25.5 Å². The molecule has 3 rings (SSSR count). The van der Waals surface area contributed by atoms with E-state index in [2.05, 4.69) is 79.4 Å². The number of aryl methyl sites for hydroxylation is 1. The van der Waals surface area contributed by atoms with E-state index in [4.69, 9.17) is 14.1 Å². The van der Waals surface area contributed by atoms with Crippen molar-refractivity contribution in [3.8, 4) is 0 Å². The average molecular weight is 428 g/mol. The Kier molecular flexibility index (Phi) is 8.09. The molecule has 1 aliphatic heterocycles. The van der Waals surface area contributed by atoms with E-state index in [9.17, 15) is 0 Å². The van der Waals surface area contributed by atoms with E-state index in [-0.39, 0.29) is 11.5 Å². The zero-order chi connectivity index (χ0) is 22.3. The second-order valence-corrected chi connectivity index (χ2v) is 9.02. The zero-order valence-corrected chi connectivity index (χ0v) is 19.6. The maximum atomic E-state index is 5.88. The first-order valence-electron chi connectivity index (χ1n) is 11.2. The highest BCUT2D eigenvalue weighted by Crippen LogP contribution is 2.23. The van der Waals surface area contributed by atoms with Gasteiger partial charge in [0, 0.05) is 31.6 Å². The lowest BCUT2D eigenvalue weighted by Gasteiger charge is -2.35. The Labute approximate surface area is 186 Å². The van der Waals surface area contributed by atoms with Crippen LogP contribution >= 0.6 is 0 Å². The topological polar surface area (TPSA) is 74.9 Å². The van der Waals surface area contributed by atoms with Crippen molar-refractivity contribution < 1.29 is 9.15 Å². The number of nitrogens with one attached hydrogen (secondary N) is 2. The summed E-state index contributed by atoms with van der Waals surface area (Å²) in [7, 11) is 0. The Morgan fingerprint density at radius 1 is 1.23 bits per heavy atom. The van der Waals surface area contributed by atoms with Crippen molar-refractivity contribution in [1.82, 2.24) is 20.5 Å². The first-order valence-corrected chi connectivity index (χ1v) is 11.2. The van der Waals surface area contributed by atoms with E-state index < -0.39 is 0 Å². The average Bonchev–Trinajstić information content (AvgIpc) is 3.23. The van der Waals surface area contributed by atoms with Crippen molar-refractivity contribution in [2.24, 2.45) is 4.99 Å². The Balaban J connectivity index is 1.70. The van der Waals surface area contributed by atoms with E-state index >= 15 is 0 Å². The number of guanidine groups is 1. The summed E-state index contributed by atoms with van der Waals surface area (Å²) in [6.07, 6.45) is 1.80. The van der Waals surface area contributed by atoms with Gasteiger partial charge in [-0.1, -0.05) is 50.6 Å². The molecular formula is C24H37N5O2. The molecule has 1 saturated heterocycles. The van der Waals surface area contributed by atoms with Crippen LogP contribution in [0.25, 0.3) is 0 Å². The quantitative estimate of drug-likeness (QED) is 0.521. The Morgan fingerprint density at radius 2 is 2.00 bits per heavy atom. The molecule has 1 atom stereocenters. The highest BCUT2D eigenvalue weighted by Gasteiger charge is 2.23. The molecule has 0 spiro atoms. The molecule has 2 aromatic rings. The number of hydrogen-bond donors (Lipinski definition) is 2. The minimum atomic E-state index is -0.0586. The number of hydrogen-bond acceptors (Lipinski definition) is 5. The lowest BCUT2D eigenvalue weighted by Crippen LogP contribution is -2.46. The van der Waals surface area contributed by atoms with Crippen LogP contribution in [0.1, 0.15) is 56.5 Å². The van der Waals surface area contributed by atoms with Crippen LogP contribution in [-0.2, 0) is 16.7 Å². The molecule has 2 N–H and O–H groups in total. The lowest BCUT2D eigenvalue weighted by atomic mass is 9.94. The van der Waals surface area contributed by atoms with Gasteiger partial charge in [0.15, 0.2) is 5.96 Å². The number of benzene rings is 1. The molecule has 0 bridgehead atoms. The molecule has 1 unspecified atom stereocenters. The molecule has 170 valence electrons. The van der Waals surface area contributed by atoms with Crippen LogP contribution in [0.2, 0.25) is 0 Å². The van der Waals surface area contributed by atoms with Crippen molar-refractivity contribution in [1.29, 1.82) is 0 Å². The first kappa shape index (κ1) is 23.3. The van der Waals surface area contributed by atoms with E-state index in [1.54, 1.807) is 6.20 Å². The maximum Gasteiger partial charge on any atom is 0.216 e. The molecule has 7 nitrogen and oxygen atoms in total. The number of aliphatic imine (C=N–C) groups is 1. The number of morpholine rings is 1. The van der Waals surface area contributed by atoms with E-state index in [1.807, 2.05) is 0 Å². The molecule has 1 fully saturated rings. The van der Waals surface area contributed by atoms with Gasteiger partial charge in [-0.3, -0.25) is 4.90 Å². The van der Waals surface area contributed by atoms with Gasteiger partial charge in [-0.25, -0.2) is 9.98 Å². The van der Waals surface area contributed by atoms with Crippen LogP contribution < -0.4 is 10.6 Å². The normalized spacial score (nSPS) is 16.9. The smallest absolute Gasteiger partial charge is 0.216 e. The van der Waals surface area contributed by atoms with Crippen molar-refractivity contribution in [2.75, 3.05) is 39.4 Å². The summed E-state index contributed by atoms with van der Waals surface area (Å²) in [5.41, 5.74) is 2.53. The lowest BCUT2D eigenvalue weighted by molar-refractivity contribution is 0.0170. The van der Waals surface area contributed by atoms with Crippen molar-refractivity contribution in [2.45, 2.75) is 52.6 Å². The molecule has 2 heterocycles. The number of aromatic nitrogens is 1. The summed E-state index contributed by atoms with van der Waals surface area (Å²) in [4.78, 5) is 11.6. The third-order valence-corrected chi connectivity index (χ3v) is 5.39. The highest BCUT2D eigenvalue weighted by atomic mass is 16.5. The Bertz CT molecular complexity index is 850. The van der Waals surface area contributed by atoms with E-state index in [0.717, 1.165) is 51.1 Å². The second kappa shape index (κ2) is 10.8. The third-order valence-electron chi connectivity index (χ3n) is 5.39. The molecule has 0 radical (unpaired) electrons. The summed E-state index contributed by atoms with van der Waals surface area (Å²) in [5.74, 6) is 2.27. The first-order chi connectivity index (χ1) is 14.9. The summed E-state index contributed by atoms with van der Waals surface area (Å²) in [5, 5.41) is 6.87. The van der Waals surface area contributed by atoms with E-state index in [1.165, 1.54) is 11.1 Å². The molecule has 1 aromatic heterocycles. The molecular weight excluding hydrogens is 390 g/mol. The maximum absolute atomic E-state index is 5.88. The van der Waals surface area contributed by atoms with Gasteiger partial charge in [0.25, 0.3) is 0 Å².